The Morgan fingerprint density at radius 2 is 1.69 bits per heavy atom. The highest BCUT2D eigenvalue weighted by molar-refractivity contribution is 7.96. The molecule has 0 aliphatic rings. The maximum atomic E-state index is 10.7. The van der Waals surface area contributed by atoms with Crippen LogP contribution in [-0.2, 0) is 20.0 Å². The van der Waals surface area contributed by atoms with Crippen LogP contribution in [0.2, 0.25) is 0 Å². The predicted octanol–water partition coefficient (Wildman–Crippen LogP) is -1.09. The van der Waals surface area contributed by atoms with Crippen LogP contribution >= 0.6 is 15.2 Å². The molecule has 3 N–H and O–H groups in total. The Morgan fingerprint density at radius 1 is 1.31 bits per heavy atom. The molecule has 0 rings (SSSR count). The first kappa shape index (κ1) is 13.7. The Labute approximate surface area is 79.0 Å². The van der Waals surface area contributed by atoms with Crippen molar-refractivity contribution in [1.29, 1.82) is 0 Å². The van der Waals surface area contributed by atoms with Crippen molar-refractivity contribution in [1.82, 2.24) is 0 Å². The molecular weight excluding hydrogens is 238 g/mol. The van der Waals surface area contributed by atoms with Crippen LogP contribution in [0.25, 0.3) is 0 Å². The molecule has 0 bridgehead atoms. The molecule has 0 saturated heterocycles. The Kier molecular flexibility index (Phi) is 4.67. The summed E-state index contributed by atoms with van der Waals surface area (Å²) < 4.78 is 21.3. The van der Waals surface area contributed by atoms with E-state index < -0.39 is 31.5 Å². The van der Waals surface area contributed by atoms with E-state index in [1.54, 1.807) is 12.5 Å². The Hall–Kier alpha value is 0.650. The lowest BCUT2D eigenvalue weighted by atomic mass is 10.9. The van der Waals surface area contributed by atoms with Gasteiger partial charge in [0.2, 0.25) is 0 Å². The number of hydrogen-bond donors (Lipinski definition) is 3. The van der Waals surface area contributed by atoms with Crippen LogP contribution in [0.15, 0.2) is 0 Å². The number of rotatable bonds is 4. The first-order chi connectivity index (χ1) is 5.55. The van der Waals surface area contributed by atoms with Crippen LogP contribution < -0.4 is 4.89 Å². The fourth-order valence-electron chi connectivity index (χ4n) is 0.680. The maximum absolute atomic E-state index is 10.7. The largest absolute Gasteiger partial charge is 0.778 e. The van der Waals surface area contributed by atoms with E-state index in [0.717, 1.165) is 0 Å². The van der Waals surface area contributed by atoms with E-state index in [1.165, 1.54) is 0 Å². The summed E-state index contributed by atoms with van der Waals surface area (Å²) in [5.74, 6) is -0.221. The fourth-order valence-corrected chi connectivity index (χ4v) is 6.12. The molecule has 0 aromatic heterocycles. The second-order valence-electron chi connectivity index (χ2n) is 2.79. The second-order valence-corrected chi connectivity index (χ2v) is 9.05. The van der Waals surface area contributed by atoms with Crippen LogP contribution in [0, 0.1) is 0 Å². The summed E-state index contributed by atoms with van der Waals surface area (Å²) in [5.41, 5.74) is 0. The summed E-state index contributed by atoms with van der Waals surface area (Å²) in [6, 6.07) is 0. The second kappa shape index (κ2) is 4.45. The van der Waals surface area contributed by atoms with Gasteiger partial charge in [0, 0.05) is 0 Å². The summed E-state index contributed by atoms with van der Waals surface area (Å²) in [5, 5.41) is -1.96. The van der Waals surface area contributed by atoms with Gasteiger partial charge < -0.3 is 24.1 Å². The Bertz CT molecular complexity index is 231. The quantitative estimate of drug-likeness (QED) is 0.431. The van der Waals surface area contributed by atoms with Gasteiger partial charge in [0.25, 0.3) is 0 Å². The number of hydrogen-bond acceptors (Lipinski definition) is 3. The van der Waals surface area contributed by atoms with Gasteiger partial charge in [0.05, 0.1) is 12.5 Å². The SMILES string of the molecule is C[S+](C)CC(P(=O)([O-])O)P(=O)(O)O. The first-order valence-corrected chi connectivity index (χ1v) is 8.72. The molecule has 0 aromatic rings. The van der Waals surface area contributed by atoms with Crippen molar-refractivity contribution in [3.05, 3.63) is 0 Å². The van der Waals surface area contributed by atoms with Crippen LogP contribution in [0.3, 0.4) is 0 Å². The molecule has 0 radical (unpaired) electrons. The topological polar surface area (TPSA) is 118 Å². The lowest BCUT2D eigenvalue weighted by molar-refractivity contribution is -0.194. The third kappa shape index (κ3) is 5.18. The van der Waals surface area contributed by atoms with Gasteiger partial charge in [-0.3, -0.25) is 4.57 Å². The summed E-state index contributed by atoms with van der Waals surface area (Å²) in [7, 11) is -10.2. The molecule has 0 fully saturated rings. The molecule has 0 saturated carbocycles. The third-order valence-corrected chi connectivity index (χ3v) is 6.41. The van der Waals surface area contributed by atoms with E-state index in [4.69, 9.17) is 14.7 Å². The average molecular weight is 250 g/mol. The van der Waals surface area contributed by atoms with Crippen molar-refractivity contribution in [3.63, 3.8) is 0 Å². The monoisotopic (exact) mass is 250 g/mol. The van der Waals surface area contributed by atoms with Gasteiger partial charge >= 0.3 is 7.60 Å². The van der Waals surface area contributed by atoms with Crippen molar-refractivity contribution in [2.45, 2.75) is 5.40 Å². The van der Waals surface area contributed by atoms with Crippen molar-refractivity contribution < 1.29 is 28.7 Å². The van der Waals surface area contributed by atoms with E-state index in [2.05, 4.69) is 0 Å². The summed E-state index contributed by atoms with van der Waals surface area (Å²) in [6.07, 6.45) is 3.27. The zero-order valence-electron chi connectivity index (χ0n) is 7.15. The van der Waals surface area contributed by atoms with Gasteiger partial charge in [-0.1, -0.05) is 0 Å². The van der Waals surface area contributed by atoms with Crippen LogP contribution in [0.4, 0.5) is 0 Å². The minimum atomic E-state index is -4.96. The zero-order chi connectivity index (χ0) is 10.9. The molecule has 0 heterocycles. The molecule has 0 aromatic carbocycles. The molecule has 13 heavy (non-hydrogen) atoms. The van der Waals surface area contributed by atoms with Gasteiger partial charge in [0.1, 0.15) is 5.75 Å². The molecule has 9 heteroatoms. The normalized spacial score (nSPS) is 19.9. The maximum Gasteiger partial charge on any atom is 0.341 e. The van der Waals surface area contributed by atoms with Crippen LogP contribution in [-0.4, -0.2) is 38.3 Å². The van der Waals surface area contributed by atoms with E-state index in [0.29, 0.717) is 0 Å². The Balaban J connectivity index is 4.80. The molecule has 2 atom stereocenters. The van der Waals surface area contributed by atoms with Gasteiger partial charge in [-0.2, -0.15) is 0 Å². The van der Waals surface area contributed by atoms with Gasteiger partial charge in [-0.05, 0) is 10.9 Å². The molecule has 0 amide bonds. The van der Waals surface area contributed by atoms with Crippen molar-refractivity contribution in [2.75, 3.05) is 18.3 Å². The van der Waals surface area contributed by atoms with Gasteiger partial charge in [0.15, 0.2) is 13.0 Å². The van der Waals surface area contributed by atoms with Crippen LogP contribution in [0.1, 0.15) is 0 Å². The minimum absolute atomic E-state index is 0.221. The van der Waals surface area contributed by atoms with Crippen molar-refractivity contribution in [2.24, 2.45) is 0 Å². The van der Waals surface area contributed by atoms with Gasteiger partial charge in [-0.25, -0.2) is 0 Å². The Morgan fingerprint density at radius 3 is 1.77 bits per heavy atom. The molecule has 0 spiro atoms. The zero-order valence-corrected chi connectivity index (χ0v) is 9.76. The molecule has 0 aliphatic carbocycles. The lowest BCUT2D eigenvalue weighted by Crippen LogP contribution is -2.25. The molecule has 0 aliphatic heterocycles. The molecule has 6 nitrogen and oxygen atoms in total. The highest BCUT2D eigenvalue weighted by Gasteiger charge is 2.40. The van der Waals surface area contributed by atoms with Crippen molar-refractivity contribution >= 4 is 26.1 Å². The molecule has 80 valence electrons. The molecular formula is C4H12O6P2S. The van der Waals surface area contributed by atoms with Gasteiger partial charge in [-0.15, -0.1) is 0 Å². The standard InChI is InChI=1S/C4H12O6P2S/c1-13(2)3-4(11(5,6)7)12(8,9)10/h4H,3H2,1-2H3,(H3-,5,6,7,8,9,10). The summed E-state index contributed by atoms with van der Waals surface area (Å²) >= 11 is 0. The fraction of sp³-hybridized carbons (Fsp3) is 1.00. The highest BCUT2D eigenvalue weighted by Crippen LogP contribution is 2.57. The van der Waals surface area contributed by atoms with E-state index in [-0.39, 0.29) is 5.75 Å². The minimum Gasteiger partial charge on any atom is -0.778 e. The first-order valence-electron chi connectivity index (χ1n) is 3.18. The van der Waals surface area contributed by atoms with E-state index in [9.17, 15) is 14.0 Å². The highest BCUT2D eigenvalue weighted by atomic mass is 32.2. The van der Waals surface area contributed by atoms with E-state index in [1.807, 2.05) is 0 Å². The predicted molar refractivity (Wildman–Crippen MR) is 49.7 cm³/mol. The van der Waals surface area contributed by atoms with Crippen molar-refractivity contribution in [3.8, 4) is 0 Å². The smallest absolute Gasteiger partial charge is 0.341 e. The summed E-state index contributed by atoms with van der Waals surface area (Å²) in [6.45, 7) is 0. The van der Waals surface area contributed by atoms with Crippen LogP contribution in [0.5, 0.6) is 0 Å². The summed E-state index contributed by atoms with van der Waals surface area (Å²) in [4.78, 5) is 36.5. The lowest BCUT2D eigenvalue weighted by Gasteiger charge is -2.25. The average Bonchev–Trinajstić information content (AvgIpc) is 1.77. The third-order valence-electron chi connectivity index (χ3n) is 1.25. The van der Waals surface area contributed by atoms with E-state index >= 15 is 0 Å². The molecule has 2 unspecified atom stereocenters.